The number of hydrazone groups is 1. The molecule has 3 rings (SSSR count). The Hall–Kier alpha value is -2.20. The van der Waals surface area contributed by atoms with Crippen molar-refractivity contribution in [1.29, 1.82) is 0 Å². The number of aliphatic carboxylic acids is 1. The molecule has 0 atom stereocenters. The van der Waals surface area contributed by atoms with E-state index >= 15 is 0 Å². The van der Waals surface area contributed by atoms with Crippen LogP contribution in [0.25, 0.3) is 6.08 Å². The summed E-state index contributed by atoms with van der Waals surface area (Å²) in [6, 6.07) is 12.8. The summed E-state index contributed by atoms with van der Waals surface area (Å²) in [4.78, 5) is 23.5. The number of carbonyl (C=O) groups is 2. The van der Waals surface area contributed by atoms with Gasteiger partial charge in [0.25, 0.3) is 5.91 Å². The number of hydrogen-bond acceptors (Lipinski definition) is 4. The number of nitrogens with zero attached hydrogens (tertiary/aromatic N) is 2. The molecule has 2 aromatic rings. The quantitative estimate of drug-likeness (QED) is 0.452. The molecule has 2 aromatic carbocycles. The van der Waals surface area contributed by atoms with E-state index in [-0.39, 0.29) is 5.91 Å². The van der Waals surface area contributed by atoms with Gasteiger partial charge in [-0.15, -0.1) is 0 Å². The molecule has 0 bridgehead atoms. The van der Waals surface area contributed by atoms with Crippen molar-refractivity contribution >= 4 is 67.9 Å². The van der Waals surface area contributed by atoms with Crippen LogP contribution in [0.4, 0.5) is 5.69 Å². The standard InChI is InChI=1S/C19H14BrIN2O4/c1-11-14(19(26)23(22-11)13-5-3-2-4-6-13)7-12-8-15(20)18(16(21)9-12)27-10-17(24)25/h2-9H,10H2,1H3,(H,24,25)/b14-7+. The average molecular weight is 541 g/mol. The van der Waals surface area contributed by atoms with Crippen molar-refractivity contribution in [2.45, 2.75) is 6.92 Å². The van der Waals surface area contributed by atoms with E-state index in [4.69, 9.17) is 9.84 Å². The Balaban J connectivity index is 1.90. The molecule has 1 N–H and O–H groups in total. The van der Waals surface area contributed by atoms with Crippen molar-refractivity contribution in [3.8, 4) is 5.75 Å². The molecule has 0 saturated heterocycles. The second-order valence-corrected chi connectivity index (χ2v) is 7.71. The molecule has 0 spiro atoms. The summed E-state index contributed by atoms with van der Waals surface area (Å²) < 4.78 is 6.64. The van der Waals surface area contributed by atoms with Gasteiger partial charge in [-0.25, -0.2) is 4.79 Å². The van der Waals surface area contributed by atoms with Crippen LogP contribution in [0.3, 0.4) is 0 Å². The predicted molar refractivity (Wildman–Crippen MR) is 115 cm³/mol. The maximum Gasteiger partial charge on any atom is 0.341 e. The van der Waals surface area contributed by atoms with E-state index in [1.807, 2.05) is 36.4 Å². The van der Waals surface area contributed by atoms with Gasteiger partial charge < -0.3 is 9.84 Å². The molecule has 1 aliphatic rings. The highest BCUT2D eigenvalue weighted by Crippen LogP contribution is 2.33. The molecule has 6 nitrogen and oxygen atoms in total. The highest BCUT2D eigenvalue weighted by molar-refractivity contribution is 14.1. The Bertz CT molecular complexity index is 950. The van der Waals surface area contributed by atoms with Gasteiger partial charge >= 0.3 is 5.97 Å². The first-order valence-corrected chi connectivity index (χ1v) is 9.74. The van der Waals surface area contributed by atoms with E-state index < -0.39 is 12.6 Å². The molecule has 1 aliphatic heterocycles. The lowest BCUT2D eigenvalue weighted by molar-refractivity contribution is -0.139. The van der Waals surface area contributed by atoms with Crippen LogP contribution in [0.15, 0.2) is 57.6 Å². The van der Waals surface area contributed by atoms with E-state index in [0.717, 1.165) is 9.13 Å². The topological polar surface area (TPSA) is 79.2 Å². The molecule has 0 radical (unpaired) electrons. The van der Waals surface area contributed by atoms with Crippen molar-refractivity contribution in [3.05, 3.63) is 61.6 Å². The fourth-order valence-electron chi connectivity index (χ4n) is 2.53. The normalized spacial score (nSPS) is 15.2. The second-order valence-electron chi connectivity index (χ2n) is 5.69. The number of ether oxygens (including phenoxy) is 1. The number of hydrogen-bond donors (Lipinski definition) is 1. The first-order valence-electron chi connectivity index (χ1n) is 7.87. The van der Waals surface area contributed by atoms with Crippen molar-refractivity contribution in [2.24, 2.45) is 5.10 Å². The minimum atomic E-state index is -1.05. The van der Waals surface area contributed by atoms with Crippen molar-refractivity contribution in [2.75, 3.05) is 11.6 Å². The van der Waals surface area contributed by atoms with Gasteiger partial charge in [-0.2, -0.15) is 10.1 Å². The van der Waals surface area contributed by atoms with Gasteiger partial charge in [0.2, 0.25) is 0 Å². The van der Waals surface area contributed by atoms with Crippen molar-refractivity contribution in [3.63, 3.8) is 0 Å². The number of para-hydroxylation sites is 1. The summed E-state index contributed by atoms with van der Waals surface area (Å²) in [5.41, 5.74) is 2.61. The number of carbonyl (C=O) groups excluding carboxylic acids is 1. The third-order valence-corrected chi connectivity index (χ3v) is 5.13. The van der Waals surface area contributed by atoms with E-state index in [0.29, 0.717) is 27.2 Å². The maximum absolute atomic E-state index is 12.8. The summed E-state index contributed by atoms with van der Waals surface area (Å²) >= 11 is 5.46. The number of rotatable bonds is 5. The fourth-order valence-corrected chi connectivity index (χ4v) is 4.30. The lowest BCUT2D eigenvalue weighted by Crippen LogP contribution is -2.21. The summed E-state index contributed by atoms with van der Waals surface area (Å²) in [5, 5.41) is 14.5. The van der Waals surface area contributed by atoms with Gasteiger partial charge in [-0.1, -0.05) is 18.2 Å². The molecular formula is C19H14BrIN2O4. The highest BCUT2D eigenvalue weighted by Gasteiger charge is 2.28. The van der Waals surface area contributed by atoms with E-state index in [1.54, 1.807) is 19.1 Å². The molecule has 0 aliphatic carbocycles. The second kappa shape index (κ2) is 8.22. The molecule has 27 heavy (non-hydrogen) atoms. The van der Waals surface area contributed by atoms with E-state index in [2.05, 4.69) is 43.6 Å². The van der Waals surface area contributed by atoms with Crippen molar-refractivity contribution < 1.29 is 19.4 Å². The van der Waals surface area contributed by atoms with Gasteiger partial charge in [-0.05, 0) is 81.3 Å². The van der Waals surface area contributed by atoms with Crippen LogP contribution in [-0.2, 0) is 9.59 Å². The number of benzene rings is 2. The molecule has 138 valence electrons. The Morgan fingerprint density at radius 2 is 2.04 bits per heavy atom. The number of carboxylic acids is 1. The van der Waals surface area contributed by atoms with Gasteiger partial charge in [0, 0.05) is 0 Å². The fraction of sp³-hybridized carbons (Fsp3) is 0.105. The molecule has 0 unspecified atom stereocenters. The molecule has 0 fully saturated rings. The summed E-state index contributed by atoms with van der Waals surface area (Å²) in [6.07, 6.45) is 1.76. The SMILES string of the molecule is CC1=NN(c2ccccc2)C(=O)/C1=C/c1cc(Br)c(OCC(=O)O)c(I)c1. The van der Waals surface area contributed by atoms with Gasteiger partial charge in [-0.3, -0.25) is 4.79 Å². The Labute approximate surface area is 177 Å². The monoisotopic (exact) mass is 540 g/mol. The Kier molecular flexibility index (Phi) is 5.95. The van der Waals surface area contributed by atoms with Gasteiger partial charge in [0.05, 0.1) is 25.0 Å². The smallest absolute Gasteiger partial charge is 0.341 e. The summed E-state index contributed by atoms with van der Waals surface area (Å²) in [5.74, 6) is -0.793. The molecule has 1 heterocycles. The third-order valence-electron chi connectivity index (χ3n) is 3.73. The van der Waals surface area contributed by atoms with Crippen LogP contribution in [0.1, 0.15) is 12.5 Å². The minimum absolute atomic E-state index is 0.198. The molecule has 8 heteroatoms. The largest absolute Gasteiger partial charge is 0.480 e. The van der Waals surface area contributed by atoms with Crippen LogP contribution in [0.5, 0.6) is 5.75 Å². The predicted octanol–water partition coefficient (Wildman–Crippen LogP) is 4.32. The van der Waals surface area contributed by atoms with Crippen LogP contribution < -0.4 is 9.75 Å². The Morgan fingerprint density at radius 1 is 1.33 bits per heavy atom. The molecule has 1 amide bonds. The minimum Gasteiger partial charge on any atom is -0.480 e. The highest BCUT2D eigenvalue weighted by atomic mass is 127. The zero-order valence-corrected chi connectivity index (χ0v) is 17.9. The number of halogens is 2. The molecule has 0 saturated carbocycles. The maximum atomic E-state index is 12.8. The first kappa shape index (κ1) is 19.6. The van der Waals surface area contributed by atoms with E-state index in [9.17, 15) is 9.59 Å². The van der Waals surface area contributed by atoms with Crippen LogP contribution >= 0.6 is 38.5 Å². The van der Waals surface area contributed by atoms with Gasteiger partial charge in [0.15, 0.2) is 6.61 Å². The van der Waals surface area contributed by atoms with Crippen LogP contribution in [-0.4, -0.2) is 29.3 Å². The number of anilines is 1. The lowest BCUT2D eigenvalue weighted by Gasteiger charge is -2.11. The van der Waals surface area contributed by atoms with E-state index in [1.165, 1.54) is 5.01 Å². The summed E-state index contributed by atoms with van der Waals surface area (Å²) in [6.45, 7) is 1.36. The Morgan fingerprint density at radius 3 is 2.67 bits per heavy atom. The third kappa shape index (κ3) is 4.38. The van der Waals surface area contributed by atoms with Crippen LogP contribution in [0.2, 0.25) is 0 Å². The zero-order chi connectivity index (χ0) is 19.6. The average Bonchev–Trinajstić information content (AvgIpc) is 2.90. The lowest BCUT2D eigenvalue weighted by atomic mass is 10.1. The molecular weight excluding hydrogens is 527 g/mol. The summed E-state index contributed by atoms with van der Waals surface area (Å²) in [7, 11) is 0. The number of amides is 1. The number of carboxylic acid groups (broad SMARTS) is 1. The first-order chi connectivity index (χ1) is 12.9. The van der Waals surface area contributed by atoms with Crippen molar-refractivity contribution in [1.82, 2.24) is 0 Å². The van der Waals surface area contributed by atoms with Gasteiger partial charge in [0.1, 0.15) is 5.75 Å². The van der Waals surface area contributed by atoms with Crippen LogP contribution in [0, 0.1) is 3.57 Å². The molecule has 0 aromatic heterocycles. The zero-order valence-electron chi connectivity index (χ0n) is 14.1.